The lowest BCUT2D eigenvalue weighted by Crippen LogP contribution is -2.14. The molecule has 18 heavy (non-hydrogen) atoms. The Morgan fingerprint density at radius 2 is 2.06 bits per heavy atom. The predicted molar refractivity (Wildman–Crippen MR) is 70.1 cm³/mol. The molecule has 1 aromatic heterocycles. The van der Waals surface area contributed by atoms with E-state index in [-0.39, 0.29) is 5.82 Å². The highest BCUT2D eigenvalue weighted by molar-refractivity contribution is 6.31. The van der Waals surface area contributed by atoms with E-state index in [0.29, 0.717) is 10.6 Å². The predicted octanol–water partition coefficient (Wildman–Crippen LogP) is 2.88. The second kappa shape index (κ2) is 4.71. The Morgan fingerprint density at radius 1 is 1.39 bits per heavy atom. The van der Waals surface area contributed by atoms with Crippen molar-refractivity contribution in [2.75, 3.05) is 0 Å². The van der Waals surface area contributed by atoms with Crippen LogP contribution in [0.2, 0.25) is 5.02 Å². The highest BCUT2D eigenvalue weighted by atomic mass is 35.5. The average Bonchev–Trinajstić information content (AvgIpc) is 2.56. The smallest absolute Gasteiger partial charge is 0.123 e. The van der Waals surface area contributed by atoms with Crippen molar-refractivity contribution < 1.29 is 4.39 Å². The molecule has 1 unspecified atom stereocenters. The van der Waals surface area contributed by atoms with Gasteiger partial charge in [-0.25, -0.2) is 4.39 Å². The minimum atomic E-state index is -0.470. The van der Waals surface area contributed by atoms with Crippen LogP contribution in [0, 0.1) is 19.7 Å². The van der Waals surface area contributed by atoms with E-state index in [1.807, 2.05) is 20.9 Å². The number of benzene rings is 1. The molecule has 0 fully saturated rings. The number of aromatic nitrogens is 2. The zero-order chi connectivity index (χ0) is 13.4. The van der Waals surface area contributed by atoms with Crippen LogP contribution in [0.25, 0.3) is 0 Å². The standard InChI is InChI=1S/C13H15ClFN3/c1-7-12(8(2)18(3)17-7)13(16)10-6-9(15)4-5-11(10)14/h4-6,13H,16H2,1-3H3. The molecule has 2 N–H and O–H groups in total. The van der Waals surface area contributed by atoms with Crippen molar-refractivity contribution in [1.29, 1.82) is 0 Å². The minimum absolute atomic E-state index is 0.343. The highest BCUT2D eigenvalue weighted by Gasteiger charge is 2.20. The van der Waals surface area contributed by atoms with Gasteiger partial charge in [0.25, 0.3) is 0 Å². The summed E-state index contributed by atoms with van der Waals surface area (Å²) in [6, 6.07) is 3.75. The van der Waals surface area contributed by atoms with Crippen LogP contribution in [0.15, 0.2) is 18.2 Å². The van der Waals surface area contributed by atoms with Gasteiger partial charge >= 0.3 is 0 Å². The molecule has 0 radical (unpaired) electrons. The lowest BCUT2D eigenvalue weighted by molar-refractivity contribution is 0.623. The van der Waals surface area contributed by atoms with E-state index in [4.69, 9.17) is 17.3 Å². The number of hydrogen-bond donors (Lipinski definition) is 1. The van der Waals surface area contributed by atoms with Gasteiger partial charge < -0.3 is 5.73 Å². The Bertz CT molecular complexity index is 592. The lowest BCUT2D eigenvalue weighted by atomic mass is 9.98. The van der Waals surface area contributed by atoms with Gasteiger partial charge in [0.15, 0.2) is 0 Å². The third-order valence-electron chi connectivity index (χ3n) is 3.17. The molecule has 0 aliphatic carbocycles. The Balaban J connectivity index is 2.54. The Kier molecular flexibility index (Phi) is 3.41. The molecule has 5 heteroatoms. The zero-order valence-corrected chi connectivity index (χ0v) is 11.3. The molecule has 0 aliphatic heterocycles. The van der Waals surface area contributed by atoms with Crippen LogP contribution in [0.5, 0.6) is 0 Å². The summed E-state index contributed by atoms with van der Waals surface area (Å²) < 4.78 is 15.1. The van der Waals surface area contributed by atoms with Crippen molar-refractivity contribution in [2.45, 2.75) is 19.9 Å². The van der Waals surface area contributed by atoms with Gasteiger partial charge in [0.2, 0.25) is 0 Å². The van der Waals surface area contributed by atoms with Crippen molar-refractivity contribution in [3.8, 4) is 0 Å². The largest absolute Gasteiger partial charge is 0.320 e. The minimum Gasteiger partial charge on any atom is -0.320 e. The quantitative estimate of drug-likeness (QED) is 0.909. The fraction of sp³-hybridized carbons (Fsp3) is 0.308. The Morgan fingerprint density at radius 3 is 2.61 bits per heavy atom. The maximum atomic E-state index is 13.3. The van der Waals surface area contributed by atoms with Crippen LogP contribution >= 0.6 is 11.6 Å². The van der Waals surface area contributed by atoms with Crippen LogP contribution < -0.4 is 5.73 Å². The van der Waals surface area contributed by atoms with Crippen LogP contribution in [-0.2, 0) is 7.05 Å². The third kappa shape index (κ3) is 2.13. The summed E-state index contributed by atoms with van der Waals surface area (Å²) in [5.41, 5.74) is 9.46. The van der Waals surface area contributed by atoms with Gasteiger partial charge in [-0.2, -0.15) is 5.10 Å². The summed E-state index contributed by atoms with van der Waals surface area (Å²) in [6.45, 7) is 3.82. The van der Waals surface area contributed by atoms with Gasteiger partial charge in [0.1, 0.15) is 5.82 Å². The Hall–Kier alpha value is -1.39. The second-order valence-corrected chi connectivity index (χ2v) is 4.76. The number of aryl methyl sites for hydroxylation is 2. The van der Waals surface area contributed by atoms with E-state index < -0.39 is 6.04 Å². The first kappa shape index (κ1) is 13.1. The van der Waals surface area contributed by atoms with Crippen LogP contribution in [-0.4, -0.2) is 9.78 Å². The molecule has 2 aromatic rings. The summed E-state index contributed by atoms with van der Waals surface area (Å²) >= 11 is 6.08. The fourth-order valence-corrected chi connectivity index (χ4v) is 2.38. The molecule has 3 nitrogen and oxygen atoms in total. The van der Waals surface area contributed by atoms with Gasteiger partial charge in [-0.1, -0.05) is 11.6 Å². The van der Waals surface area contributed by atoms with E-state index in [1.165, 1.54) is 18.2 Å². The molecule has 0 amide bonds. The molecule has 1 atom stereocenters. The summed E-state index contributed by atoms with van der Waals surface area (Å²) in [6.07, 6.45) is 0. The van der Waals surface area contributed by atoms with E-state index >= 15 is 0 Å². The summed E-state index contributed by atoms with van der Waals surface area (Å²) in [5.74, 6) is -0.343. The third-order valence-corrected chi connectivity index (χ3v) is 3.51. The summed E-state index contributed by atoms with van der Waals surface area (Å²) in [7, 11) is 1.85. The summed E-state index contributed by atoms with van der Waals surface area (Å²) in [5, 5.41) is 4.77. The fourth-order valence-electron chi connectivity index (χ4n) is 2.15. The van der Waals surface area contributed by atoms with Crippen LogP contribution in [0.4, 0.5) is 4.39 Å². The topological polar surface area (TPSA) is 43.8 Å². The van der Waals surface area contributed by atoms with Crippen molar-refractivity contribution in [3.05, 3.63) is 51.6 Å². The maximum absolute atomic E-state index is 13.3. The normalized spacial score (nSPS) is 12.8. The first-order valence-corrected chi connectivity index (χ1v) is 6.00. The molecule has 0 aliphatic rings. The van der Waals surface area contributed by atoms with E-state index in [0.717, 1.165) is 17.0 Å². The second-order valence-electron chi connectivity index (χ2n) is 4.35. The van der Waals surface area contributed by atoms with E-state index in [2.05, 4.69) is 5.10 Å². The van der Waals surface area contributed by atoms with Gasteiger partial charge in [0.05, 0.1) is 11.7 Å². The van der Waals surface area contributed by atoms with Crippen molar-refractivity contribution in [2.24, 2.45) is 12.8 Å². The number of rotatable bonds is 2. The molecule has 96 valence electrons. The zero-order valence-electron chi connectivity index (χ0n) is 10.5. The molecule has 0 saturated carbocycles. The van der Waals surface area contributed by atoms with Gasteiger partial charge in [-0.05, 0) is 37.6 Å². The number of nitrogens with two attached hydrogens (primary N) is 1. The van der Waals surface area contributed by atoms with E-state index in [1.54, 1.807) is 4.68 Å². The SMILES string of the molecule is Cc1nn(C)c(C)c1C(N)c1cc(F)ccc1Cl. The number of nitrogens with zero attached hydrogens (tertiary/aromatic N) is 2. The monoisotopic (exact) mass is 267 g/mol. The molecule has 0 bridgehead atoms. The number of hydrogen-bond acceptors (Lipinski definition) is 2. The first-order chi connectivity index (χ1) is 8.41. The van der Waals surface area contributed by atoms with Crippen LogP contribution in [0.1, 0.15) is 28.6 Å². The van der Waals surface area contributed by atoms with Crippen molar-refractivity contribution in [1.82, 2.24) is 9.78 Å². The molecule has 0 spiro atoms. The highest BCUT2D eigenvalue weighted by Crippen LogP contribution is 2.30. The lowest BCUT2D eigenvalue weighted by Gasteiger charge is -2.14. The van der Waals surface area contributed by atoms with Gasteiger partial charge in [-0.3, -0.25) is 4.68 Å². The Labute approximate surface area is 110 Å². The van der Waals surface area contributed by atoms with Crippen molar-refractivity contribution >= 4 is 11.6 Å². The molecule has 0 saturated heterocycles. The van der Waals surface area contributed by atoms with Gasteiger partial charge in [0, 0.05) is 23.3 Å². The molecular formula is C13H15ClFN3. The molecule has 2 rings (SSSR count). The molecule has 1 aromatic carbocycles. The van der Waals surface area contributed by atoms with Crippen molar-refractivity contribution in [3.63, 3.8) is 0 Å². The summed E-state index contributed by atoms with van der Waals surface area (Å²) in [4.78, 5) is 0. The first-order valence-electron chi connectivity index (χ1n) is 5.62. The van der Waals surface area contributed by atoms with Crippen LogP contribution in [0.3, 0.4) is 0 Å². The number of halogens is 2. The van der Waals surface area contributed by atoms with Gasteiger partial charge in [-0.15, -0.1) is 0 Å². The molecule has 1 heterocycles. The maximum Gasteiger partial charge on any atom is 0.123 e. The molecular weight excluding hydrogens is 253 g/mol. The van der Waals surface area contributed by atoms with E-state index in [9.17, 15) is 4.39 Å². The average molecular weight is 268 g/mol.